The lowest BCUT2D eigenvalue weighted by Gasteiger charge is -2.07. The highest BCUT2D eigenvalue weighted by Gasteiger charge is 2.16. The average Bonchev–Trinajstić information content (AvgIpc) is 2.27. The molecule has 0 spiro atoms. The first-order valence-electron chi connectivity index (χ1n) is 4.77. The first kappa shape index (κ1) is 13.9. The zero-order valence-corrected chi connectivity index (χ0v) is 10.0. The molecule has 98 valence electrons. The van der Waals surface area contributed by atoms with Crippen LogP contribution in [0.15, 0.2) is 29.2 Å². The summed E-state index contributed by atoms with van der Waals surface area (Å²) in [7, 11) is -4.03. The molecule has 0 aliphatic heterocycles. The van der Waals surface area contributed by atoms with E-state index in [2.05, 4.69) is 5.32 Å². The van der Waals surface area contributed by atoms with E-state index in [0.717, 1.165) is 0 Å². The van der Waals surface area contributed by atoms with Gasteiger partial charge in [-0.3, -0.25) is 4.79 Å². The highest BCUT2D eigenvalue weighted by Crippen LogP contribution is 2.15. The topological polar surface area (TPSA) is 144 Å². The van der Waals surface area contributed by atoms with Crippen molar-refractivity contribution in [1.29, 1.82) is 0 Å². The van der Waals surface area contributed by atoms with Gasteiger partial charge in [0.05, 0.1) is 11.4 Å². The van der Waals surface area contributed by atoms with Crippen LogP contribution < -0.4 is 21.5 Å². The number of anilines is 1. The predicted molar refractivity (Wildman–Crippen MR) is 64.0 cm³/mol. The van der Waals surface area contributed by atoms with E-state index in [4.69, 9.17) is 11.5 Å². The van der Waals surface area contributed by atoms with Gasteiger partial charge < -0.3 is 16.8 Å². The molecule has 0 saturated carbocycles. The third-order valence-corrected chi connectivity index (χ3v) is 3.19. The number of benzene rings is 1. The number of sulfonamides is 1. The van der Waals surface area contributed by atoms with E-state index in [1.807, 2.05) is 0 Å². The Bertz CT molecular complexity index is 570. The molecule has 6 N–H and O–H groups in total. The summed E-state index contributed by atoms with van der Waals surface area (Å²) in [6, 6.07) is 4.13. The Morgan fingerprint density at radius 1 is 1.28 bits per heavy atom. The van der Waals surface area contributed by atoms with Crippen LogP contribution in [0.25, 0.3) is 0 Å². The van der Waals surface area contributed by atoms with Crippen LogP contribution in [0.4, 0.5) is 10.5 Å². The smallest absolute Gasteiger partial charge is 0.326 e. The molecule has 0 aliphatic carbocycles. The molecule has 0 unspecified atom stereocenters. The van der Waals surface area contributed by atoms with Gasteiger partial charge in [-0.1, -0.05) is 6.07 Å². The summed E-state index contributed by atoms with van der Waals surface area (Å²) < 4.78 is 24.8. The molecule has 0 aromatic heterocycles. The first-order chi connectivity index (χ1) is 8.35. The minimum atomic E-state index is -4.03. The number of nitrogens with one attached hydrogen (secondary N) is 2. The van der Waals surface area contributed by atoms with Crippen molar-refractivity contribution in [3.63, 3.8) is 0 Å². The third-order valence-electron chi connectivity index (χ3n) is 1.85. The first-order valence-corrected chi connectivity index (χ1v) is 6.25. The van der Waals surface area contributed by atoms with Gasteiger partial charge in [0.25, 0.3) is 10.0 Å². The molecular formula is C9H12N4O4S. The van der Waals surface area contributed by atoms with E-state index < -0.39 is 22.0 Å². The van der Waals surface area contributed by atoms with Gasteiger partial charge in [0.2, 0.25) is 5.91 Å². The summed E-state index contributed by atoms with van der Waals surface area (Å²) in [4.78, 5) is 21.4. The van der Waals surface area contributed by atoms with Crippen LogP contribution >= 0.6 is 0 Å². The number of rotatable bonds is 4. The van der Waals surface area contributed by atoms with Crippen molar-refractivity contribution in [2.45, 2.75) is 4.90 Å². The van der Waals surface area contributed by atoms with Crippen LogP contribution in [0.1, 0.15) is 0 Å². The second kappa shape index (κ2) is 5.47. The molecule has 0 aliphatic rings. The van der Waals surface area contributed by atoms with Gasteiger partial charge in [0.15, 0.2) is 0 Å². The molecule has 3 amide bonds. The Kier molecular flexibility index (Phi) is 4.23. The molecule has 18 heavy (non-hydrogen) atoms. The largest absolute Gasteiger partial charge is 0.351 e. The molecular weight excluding hydrogens is 260 g/mol. The highest BCUT2D eigenvalue weighted by atomic mass is 32.2. The van der Waals surface area contributed by atoms with Gasteiger partial charge in [-0.15, -0.1) is 0 Å². The molecule has 0 saturated heterocycles. The molecule has 9 heteroatoms. The summed E-state index contributed by atoms with van der Waals surface area (Å²) in [6.07, 6.45) is 0. The van der Waals surface area contributed by atoms with Crippen molar-refractivity contribution in [1.82, 2.24) is 4.72 Å². The van der Waals surface area contributed by atoms with Crippen LogP contribution in [-0.4, -0.2) is 26.9 Å². The molecule has 8 nitrogen and oxygen atoms in total. The lowest BCUT2D eigenvalue weighted by Crippen LogP contribution is -2.35. The number of carbonyl (C=O) groups is 2. The van der Waals surface area contributed by atoms with Crippen molar-refractivity contribution in [3.05, 3.63) is 24.3 Å². The Hall–Kier alpha value is -2.13. The monoisotopic (exact) mass is 272 g/mol. The third kappa shape index (κ3) is 3.71. The molecule has 0 fully saturated rings. The van der Waals surface area contributed by atoms with E-state index >= 15 is 0 Å². The fourth-order valence-electron chi connectivity index (χ4n) is 1.14. The second-order valence-corrected chi connectivity index (χ2v) is 4.93. The minimum Gasteiger partial charge on any atom is -0.351 e. The molecule has 0 heterocycles. The van der Waals surface area contributed by atoms with Gasteiger partial charge in [-0.05, 0) is 18.2 Å². The van der Waals surface area contributed by atoms with Crippen LogP contribution in [0.3, 0.4) is 0 Å². The van der Waals surface area contributed by atoms with Crippen molar-refractivity contribution >= 4 is 27.6 Å². The quantitative estimate of drug-likeness (QED) is 0.552. The Labute approximate surface area is 103 Å². The van der Waals surface area contributed by atoms with E-state index in [1.165, 1.54) is 24.3 Å². The van der Waals surface area contributed by atoms with E-state index in [0.29, 0.717) is 0 Å². The van der Waals surface area contributed by atoms with E-state index in [1.54, 1.807) is 4.72 Å². The van der Waals surface area contributed by atoms with Gasteiger partial charge in [-0.2, -0.15) is 0 Å². The van der Waals surface area contributed by atoms with Crippen molar-refractivity contribution < 1.29 is 18.0 Å². The summed E-state index contributed by atoms with van der Waals surface area (Å²) in [6.45, 7) is -0.226. The zero-order valence-electron chi connectivity index (χ0n) is 9.21. The van der Waals surface area contributed by atoms with Crippen LogP contribution in [0.2, 0.25) is 0 Å². The van der Waals surface area contributed by atoms with Gasteiger partial charge in [0.1, 0.15) is 0 Å². The van der Waals surface area contributed by atoms with Crippen molar-refractivity contribution in [3.8, 4) is 0 Å². The standard InChI is InChI=1S/C9H12N4O4S/c10-5-8(14)12-6-2-1-3-7(4-6)18(16,17)13-9(11)15/h1-4H,5,10H2,(H,12,14)(H3,11,13,15). The summed E-state index contributed by atoms with van der Waals surface area (Å²) in [5, 5.41) is 2.39. The predicted octanol–water partition coefficient (Wildman–Crippen LogP) is -1.06. The van der Waals surface area contributed by atoms with E-state index in [9.17, 15) is 18.0 Å². The summed E-state index contributed by atoms with van der Waals surface area (Å²) in [5.41, 5.74) is 10.1. The van der Waals surface area contributed by atoms with Gasteiger partial charge in [0, 0.05) is 5.69 Å². The van der Waals surface area contributed by atoms with Gasteiger partial charge in [-0.25, -0.2) is 17.9 Å². The number of hydrogen-bond donors (Lipinski definition) is 4. The van der Waals surface area contributed by atoms with Crippen molar-refractivity contribution in [2.24, 2.45) is 11.5 Å². The maximum atomic E-state index is 11.6. The number of amides is 3. The maximum Gasteiger partial charge on any atom is 0.326 e. The average molecular weight is 272 g/mol. The number of nitrogens with two attached hydrogens (primary N) is 2. The van der Waals surface area contributed by atoms with Gasteiger partial charge >= 0.3 is 6.03 Å². The normalized spacial score (nSPS) is 10.7. The number of primary amides is 1. The summed E-state index contributed by atoms with van der Waals surface area (Å²) >= 11 is 0. The van der Waals surface area contributed by atoms with E-state index in [-0.39, 0.29) is 17.1 Å². The van der Waals surface area contributed by atoms with Crippen molar-refractivity contribution in [2.75, 3.05) is 11.9 Å². The zero-order chi connectivity index (χ0) is 13.8. The number of urea groups is 1. The molecule has 1 rings (SSSR count). The molecule has 0 bridgehead atoms. The fourth-order valence-corrected chi connectivity index (χ4v) is 2.07. The minimum absolute atomic E-state index is 0.198. The fraction of sp³-hybridized carbons (Fsp3) is 0.111. The lowest BCUT2D eigenvalue weighted by atomic mass is 10.3. The molecule has 0 radical (unpaired) electrons. The van der Waals surface area contributed by atoms with Crippen LogP contribution in [0, 0.1) is 0 Å². The summed E-state index contributed by atoms with van der Waals surface area (Å²) in [5.74, 6) is -0.465. The second-order valence-electron chi connectivity index (χ2n) is 3.25. The Balaban J connectivity index is 3.01. The molecule has 1 aromatic carbocycles. The highest BCUT2D eigenvalue weighted by molar-refractivity contribution is 7.90. The maximum absolute atomic E-state index is 11.6. The number of carbonyl (C=O) groups excluding carboxylic acids is 2. The Morgan fingerprint density at radius 3 is 2.50 bits per heavy atom. The lowest BCUT2D eigenvalue weighted by molar-refractivity contribution is -0.114. The molecule has 1 aromatic rings. The SMILES string of the molecule is NCC(=O)Nc1cccc(S(=O)(=O)NC(N)=O)c1. The molecule has 0 atom stereocenters. The van der Waals surface area contributed by atoms with Crippen LogP contribution in [0.5, 0.6) is 0 Å². The van der Waals surface area contributed by atoms with Crippen LogP contribution in [-0.2, 0) is 14.8 Å². The number of hydrogen-bond acceptors (Lipinski definition) is 5. The Morgan fingerprint density at radius 2 is 1.94 bits per heavy atom.